The van der Waals surface area contributed by atoms with Gasteiger partial charge in [0.05, 0.1) is 18.1 Å². The minimum Gasteiger partial charge on any atom is -0.378 e. The molecular formula is C18H16BrN3O4S. The van der Waals surface area contributed by atoms with E-state index in [2.05, 4.69) is 21.2 Å². The normalized spacial score (nSPS) is 19.1. The molecule has 2 aromatic rings. The fraction of sp³-hybridized carbons (Fsp3) is 0.278. The van der Waals surface area contributed by atoms with E-state index in [1.54, 1.807) is 11.0 Å². The van der Waals surface area contributed by atoms with Gasteiger partial charge in [-0.3, -0.25) is 19.7 Å². The monoisotopic (exact) mass is 449 g/mol. The Morgan fingerprint density at radius 1 is 1.30 bits per heavy atom. The first kappa shape index (κ1) is 18.3. The van der Waals surface area contributed by atoms with Crippen molar-refractivity contribution in [2.75, 3.05) is 26.3 Å². The number of carbonyl (C=O) groups excluding carboxylic acids is 3. The number of imide groups is 1. The van der Waals surface area contributed by atoms with Crippen molar-refractivity contribution < 1.29 is 19.1 Å². The van der Waals surface area contributed by atoms with Gasteiger partial charge in [-0.1, -0.05) is 15.9 Å². The van der Waals surface area contributed by atoms with Crippen LogP contribution in [0.5, 0.6) is 0 Å². The average molecular weight is 450 g/mol. The highest BCUT2D eigenvalue weighted by Gasteiger charge is 2.26. The molecule has 1 aromatic heterocycles. The molecule has 2 aliphatic rings. The molecule has 0 aliphatic carbocycles. The Kier molecular flexibility index (Phi) is 5.07. The Morgan fingerprint density at radius 3 is 2.78 bits per heavy atom. The summed E-state index contributed by atoms with van der Waals surface area (Å²) in [6, 6.07) is 5.79. The second kappa shape index (κ2) is 7.49. The molecule has 0 radical (unpaired) electrons. The van der Waals surface area contributed by atoms with Gasteiger partial charge in [-0.25, -0.2) is 0 Å². The number of fused-ring (bicyclic) bond motifs is 1. The molecular weight excluding hydrogens is 434 g/mol. The average Bonchev–Trinajstić information content (AvgIpc) is 3.15. The summed E-state index contributed by atoms with van der Waals surface area (Å²) in [6.45, 7) is 2.52. The van der Waals surface area contributed by atoms with Crippen LogP contribution in [-0.2, 0) is 20.9 Å². The number of morpholine rings is 1. The van der Waals surface area contributed by atoms with E-state index in [1.165, 1.54) is 0 Å². The molecule has 3 amide bonds. The van der Waals surface area contributed by atoms with Crippen molar-refractivity contribution in [2.45, 2.75) is 6.54 Å². The highest BCUT2D eigenvalue weighted by atomic mass is 79.9. The van der Waals surface area contributed by atoms with Gasteiger partial charge in [-0.2, -0.15) is 0 Å². The lowest BCUT2D eigenvalue weighted by Gasteiger charge is -2.27. The standard InChI is InChI=1S/C18H16BrN3O4S/c19-12-1-2-14-13(8-12)11(7-15-17(24)20-18(25)27-15)9-22(14)10-16(23)21-3-5-26-6-4-21/h1-2,7-9H,3-6,10H2,(H,20,24,25)/b15-7-. The first-order valence-corrected chi connectivity index (χ1v) is 10.0. The molecule has 7 nitrogen and oxygen atoms in total. The van der Waals surface area contributed by atoms with Crippen molar-refractivity contribution in [3.8, 4) is 0 Å². The van der Waals surface area contributed by atoms with Crippen LogP contribution in [0.4, 0.5) is 4.79 Å². The quantitative estimate of drug-likeness (QED) is 0.728. The maximum absolute atomic E-state index is 12.6. The largest absolute Gasteiger partial charge is 0.378 e. The summed E-state index contributed by atoms with van der Waals surface area (Å²) in [4.78, 5) is 38.1. The predicted molar refractivity (Wildman–Crippen MR) is 106 cm³/mol. The number of carbonyl (C=O) groups is 3. The maximum Gasteiger partial charge on any atom is 0.290 e. The van der Waals surface area contributed by atoms with Gasteiger partial charge in [0, 0.05) is 40.2 Å². The molecule has 4 rings (SSSR count). The van der Waals surface area contributed by atoms with Crippen LogP contribution >= 0.6 is 27.7 Å². The first-order valence-electron chi connectivity index (χ1n) is 8.40. The fourth-order valence-corrected chi connectivity index (χ4v) is 4.20. The number of halogens is 1. The zero-order valence-electron chi connectivity index (χ0n) is 14.2. The van der Waals surface area contributed by atoms with E-state index >= 15 is 0 Å². The van der Waals surface area contributed by atoms with Crippen LogP contribution in [-0.4, -0.2) is 52.8 Å². The molecule has 1 N–H and O–H groups in total. The fourth-order valence-electron chi connectivity index (χ4n) is 3.16. The lowest BCUT2D eigenvalue weighted by atomic mass is 10.1. The summed E-state index contributed by atoms with van der Waals surface area (Å²) >= 11 is 4.34. The molecule has 9 heteroatoms. The number of ether oxygens (including phenoxy) is 1. The molecule has 2 aliphatic heterocycles. The lowest BCUT2D eigenvalue weighted by Crippen LogP contribution is -2.42. The Morgan fingerprint density at radius 2 is 2.07 bits per heavy atom. The van der Waals surface area contributed by atoms with E-state index in [1.807, 2.05) is 29.0 Å². The summed E-state index contributed by atoms with van der Waals surface area (Å²) in [7, 11) is 0. The van der Waals surface area contributed by atoms with Gasteiger partial charge in [0.15, 0.2) is 0 Å². The SMILES string of the molecule is O=C1NC(=O)/C(=C/c2cn(CC(=O)N3CCOCC3)c3ccc(Br)cc23)S1. The number of amides is 3. The predicted octanol–water partition coefficient (Wildman–Crippen LogP) is 2.59. The number of benzene rings is 1. The smallest absolute Gasteiger partial charge is 0.290 e. The van der Waals surface area contributed by atoms with Gasteiger partial charge in [0.25, 0.3) is 11.1 Å². The highest BCUT2D eigenvalue weighted by molar-refractivity contribution is 9.10. The van der Waals surface area contributed by atoms with Crippen molar-refractivity contribution in [3.63, 3.8) is 0 Å². The highest BCUT2D eigenvalue weighted by Crippen LogP contribution is 2.31. The van der Waals surface area contributed by atoms with E-state index in [4.69, 9.17) is 4.74 Å². The van der Waals surface area contributed by atoms with E-state index < -0.39 is 5.91 Å². The zero-order valence-corrected chi connectivity index (χ0v) is 16.6. The summed E-state index contributed by atoms with van der Waals surface area (Å²) in [5.74, 6) is -0.370. The number of thioether (sulfide) groups is 1. The number of nitrogens with one attached hydrogen (secondary N) is 1. The zero-order chi connectivity index (χ0) is 19.0. The molecule has 0 atom stereocenters. The Labute approximate surface area is 167 Å². The maximum atomic E-state index is 12.6. The van der Waals surface area contributed by atoms with Gasteiger partial charge >= 0.3 is 0 Å². The molecule has 0 spiro atoms. The number of hydrogen-bond donors (Lipinski definition) is 1. The van der Waals surface area contributed by atoms with E-state index in [0.29, 0.717) is 31.2 Å². The van der Waals surface area contributed by atoms with Gasteiger partial charge in [0.2, 0.25) is 5.91 Å². The Hall–Kier alpha value is -2.10. The van der Waals surface area contributed by atoms with Crippen molar-refractivity contribution in [2.24, 2.45) is 0 Å². The first-order chi connectivity index (χ1) is 13.0. The minimum absolute atomic E-state index is 0.0282. The molecule has 0 bridgehead atoms. The van der Waals surface area contributed by atoms with Gasteiger partial charge < -0.3 is 14.2 Å². The van der Waals surface area contributed by atoms with E-state index in [9.17, 15) is 14.4 Å². The van der Waals surface area contributed by atoms with Crippen LogP contribution in [0.25, 0.3) is 17.0 Å². The lowest BCUT2D eigenvalue weighted by molar-refractivity contribution is -0.135. The Balaban J connectivity index is 1.69. The number of nitrogens with zero attached hydrogens (tertiary/aromatic N) is 2. The van der Waals surface area contributed by atoms with Gasteiger partial charge in [-0.05, 0) is 36.0 Å². The molecule has 0 saturated carbocycles. The number of hydrogen-bond acceptors (Lipinski definition) is 5. The van der Waals surface area contributed by atoms with Crippen molar-refractivity contribution in [3.05, 3.63) is 39.3 Å². The molecule has 2 fully saturated rings. The van der Waals surface area contributed by atoms with Crippen LogP contribution in [0.3, 0.4) is 0 Å². The van der Waals surface area contributed by atoms with Crippen LogP contribution < -0.4 is 5.32 Å². The van der Waals surface area contributed by atoms with Gasteiger partial charge in [-0.15, -0.1) is 0 Å². The van der Waals surface area contributed by atoms with Crippen LogP contribution in [0, 0.1) is 0 Å². The second-order valence-electron chi connectivity index (χ2n) is 6.22. The number of rotatable bonds is 3. The summed E-state index contributed by atoms with van der Waals surface area (Å²) in [6.07, 6.45) is 3.54. The third-order valence-corrected chi connectivity index (χ3v) is 5.78. The van der Waals surface area contributed by atoms with Crippen molar-refractivity contribution in [1.82, 2.24) is 14.8 Å². The topological polar surface area (TPSA) is 80.6 Å². The second-order valence-corrected chi connectivity index (χ2v) is 8.15. The molecule has 1 aromatic carbocycles. The van der Waals surface area contributed by atoms with Gasteiger partial charge in [0.1, 0.15) is 6.54 Å². The molecule has 2 saturated heterocycles. The van der Waals surface area contributed by atoms with Crippen LogP contribution in [0.2, 0.25) is 0 Å². The molecule has 0 unspecified atom stereocenters. The molecule has 27 heavy (non-hydrogen) atoms. The third-order valence-electron chi connectivity index (χ3n) is 4.47. The minimum atomic E-state index is -0.398. The summed E-state index contributed by atoms with van der Waals surface area (Å²) in [5, 5.41) is 2.78. The van der Waals surface area contributed by atoms with Crippen molar-refractivity contribution in [1.29, 1.82) is 0 Å². The number of aromatic nitrogens is 1. The summed E-state index contributed by atoms with van der Waals surface area (Å²) in [5.41, 5.74) is 1.68. The molecule has 3 heterocycles. The van der Waals surface area contributed by atoms with E-state index in [-0.39, 0.29) is 17.7 Å². The van der Waals surface area contributed by atoms with Crippen LogP contribution in [0.15, 0.2) is 33.8 Å². The summed E-state index contributed by atoms with van der Waals surface area (Å²) < 4.78 is 8.07. The van der Waals surface area contributed by atoms with Crippen LogP contribution in [0.1, 0.15) is 5.56 Å². The van der Waals surface area contributed by atoms with E-state index in [0.717, 1.165) is 32.7 Å². The molecule has 140 valence electrons. The Bertz CT molecular complexity index is 978. The van der Waals surface area contributed by atoms with Crippen molar-refractivity contribution >= 4 is 61.7 Å². The third kappa shape index (κ3) is 3.80.